The molecule has 0 atom stereocenters. The second-order valence-corrected chi connectivity index (χ2v) is 5.67. The Bertz CT molecular complexity index is 675. The van der Waals surface area contributed by atoms with E-state index in [9.17, 15) is 9.18 Å². The molecule has 23 heavy (non-hydrogen) atoms. The Morgan fingerprint density at radius 3 is 2.61 bits per heavy atom. The summed E-state index contributed by atoms with van der Waals surface area (Å²) < 4.78 is 13.6. The van der Waals surface area contributed by atoms with Crippen LogP contribution in [-0.2, 0) is 11.2 Å². The second-order valence-electron chi connectivity index (χ2n) is 5.26. The average molecular weight is 332 g/mol. The van der Waals surface area contributed by atoms with E-state index in [2.05, 4.69) is 12.2 Å². The summed E-state index contributed by atoms with van der Waals surface area (Å²) in [6, 6.07) is 12.1. The van der Waals surface area contributed by atoms with E-state index in [1.807, 2.05) is 24.3 Å². The molecule has 1 amide bonds. The second kappa shape index (κ2) is 8.49. The molecule has 0 spiro atoms. The van der Waals surface area contributed by atoms with Crippen LogP contribution < -0.4 is 5.32 Å². The first kappa shape index (κ1) is 17.2. The molecule has 0 radical (unpaired) electrons. The molecular weight excluding hydrogens is 313 g/mol. The van der Waals surface area contributed by atoms with Gasteiger partial charge in [-0.3, -0.25) is 4.79 Å². The first-order valence-corrected chi connectivity index (χ1v) is 8.00. The molecule has 0 bridgehead atoms. The number of benzene rings is 2. The molecule has 1 N–H and O–H groups in total. The van der Waals surface area contributed by atoms with Crippen molar-refractivity contribution in [3.63, 3.8) is 0 Å². The van der Waals surface area contributed by atoms with Gasteiger partial charge >= 0.3 is 0 Å². The summed E-state index contributed by atoms with van der Waals surface area (Å²) in [7, 11) is 0. The largest absolute Gasteiger partial charge is 0.323 e. The van der Waals surface area contributed by atoms with Crippen LogP contribution in [0.2, 0.25) is 5.02 Å². The number of rotatable bonds is 6. The summed E-state index contributed by atoms with van der Waals surface area (Å²) >= 11 is 5.91. The van der Waals surface area contributed by atoms with Gasteiger partial charge in [0.1, 0.15) is 5.82 Å². The van der Waals surface area contributed by atoms with Crippen LogP contribution >= 0.6 is 11.6 Å². The molecule has 0 fully saturated rings. The van der Waals surface area contributed by atoms with Gasteiger partial charge in [-0.15, -0.1) is 0 Å². The number of anilines is 1. The van der Waals surface area contributed by atoms with Crippen LogP contribution in [0.3, 0.4) is 0 Å². The van der Waals surface area contributed by atoms with E-state index < -0.39 is 5.82 Å². The minimum Gasteiger partial charge on any atom is -0.323 e. The molecule has 2 aromatic carbocycles. The molecule has 2 rings (SSSR count). The van der Waals surface area contributed by atoms with Crippen molar-refractivity contribution in [1.29, 1.82) is 0 Å². The number of carbonyl (C=O) groups excluding carboxylic acids is 1. The highest BCUT2D eigenvalue weighted by atomic mass is 35.5. The van der Waals surface area contributed by atoms with Crippen molar-refractivity contribution in [3.05, 3.63) is 70.5 Å². The number of nitrogens with one attached hydrogen (secondary N) is 1. The number of carbonyl (C=O) groups is 1. The fourth-order valence-corrected chi connectivity index (χ4v) is 2.37. The zero-order chi connectivity index (χ0) is 16.7. The topological polar surface area (TPSA) is 29.1 Å². The van der Waals surface area contributed by atoms with E-state index in [1.54, 1.807) is 6.07 Å². The quantitative estimate of drug-likeness (QED) is 0.698. The van der Waals surface area contributed by atoms with Gasteiger partial charge in [0, 0.05) is 17.3 Å². The minimum atomic E-state index is -0.457. The van der Waals surface area contributed by atoms with E-state index in [0.717, 1.165) is 19.3 Å². The molecule has 0 saturated carbocycles. The van der Waals surface area contributed by atoms with Crippen molar-refractivity contribution in [1.82, 2.24) is 0 Å². The average Bonchev–Trinajstić information content (AvgIpc) is 2.54. The Morgan fingerprint density at radius 2 is 1.96 bits per heavy atom. The minimum absolute atomic E-state index is 0.208. The fourth-order valence-electron chi connectivity index (χ4n) is 2.15. The Morgan fingerprint density at radius 1 is 1.22 bits per heavy atom. The van der Waals surface area contributed by atoms with Crippen molar-refractivity contribution in [2.24, 2.45) is 0 Å². The maximum absolute atomic E-state index is 13.6. The first-order valence-electron chi connectivity index (χ1n) is 7.62. The van der Waals surface area contributed by atoms with E-state index in [4.69, 9.17) is 11.6 Å². The predicted molar refractivity (Wildman–Crippen MR) is 94.1 cm³/mol. The molecule has 4 heteroatoms. The van der Waals surface area contributed by atoms with E-state index in [0.29, 0.717) is 5.69 Å². The lowest BCUT2D eigenvalue weighted by atomic mass is 10.1. The monoisotopic (exact) mass is 331 g/mol. The third-order valence-corrected chi connectivity index (χ3v) is 3.77. The molecule has 0 aliphatic heterocycles. The Balaban J connectivity index is 1.98. The molecule has 0 heterocycles. The molecule has 2 nitrogen and oxygen atoms in total. The van der Waals surface area contributed by atoms with Gasteiger partial charge in [-0.1, -0.05) is 43.1 Å². The van der Waals surface area contributed by atoms with E-state index in [-0.39, 0.29) is 16.5 Å². The fraction of sp³-hybridized carbons (Fsp3) is 0.211. The molecule has 2 aromatic rings. The maximum Gasteiger partial charge on any atom is 0.248 e. The van der Waals surface area contributed by atoms with Crippen LogP contribution in [0.25, 0.3) is 6.08 Å². The lowest BCUT2D eigenvalue weighted by Gasteiger charge is -2.05. The van der Waals surface area contributed by atoms with Crippen LogP contribution in [0.15, 0.2) is 48.5 Å². The van der Waals surface area contributed by atoms with Crippen molar-refractivity contribution >= 4 is 29.3 Å². The number of aryl methyl sites for hydroxylation is 1. The van der Waals surface area contributed by atoms with Gasteiger partial charge in [0.05, 0.1) is 5.02 Å². The van der Waals surface area contributed by atoms with Crippen LogP contribution in [-0.4, -0.2) is 5.91 Å². The van der Waals surface area contributed by atoms with E-state index >= 15 is 0 Å². The lowest BCUT2D eigenvalue weighted by molar-refractivity contribution is -0.111. The zero-order valence-electron chi connectivity index (χ0n) is 13.0. The molecular formula is C19H19ClFNO. The summed E-state index contributed by atoms with van der Waals surface area (Å²) in [5.41, 5.74) is 2.16. The summed E-state index contributed by atoms with van der Waals surface area (Å²) in [5, 5.41) is 3.02. The first-order chi connectivity index (χ1) is 11.1. The van der Waals surface area contributed by atoms with Crippen LogP contribution in [0, 0.1) is 5.82 Å². The molecule has 0 aliphatic rings. The normalized spacial score (nSPS) is 10.9. The summed E-state index contributed by atoms with van der Waals surface area (Å²) in [6.07, 6.45) is 5.99. The third-order valence-electron chi connectivity index (χ3n) is 3.44. The molecule has 0 aliphatic carbocycles. The van der Waals surface area contributed by atoms with Crippen molar-refractivity contribution in [3.8, 4) is 0 Å². The van der Waals surface area contributed by atoms with Gasteiger partial charge in [0.15, 0.2) is 0 Å². The van der Waals surface area contributed by atoms with Crippen LogP contribution in [0.1, 0.15) is 30.9 Å². The lowest BCUT2D eigenvalue weighted by Crippen LogP contribution is -2.07. The number of amides is 1. The van der Waals surface area contributed by atoms with Gasteiger partial charge in [-0.05, 0) is 48.7 Å². The molecule has 0 aromatic heterocycles. The number of unbranched alkanes of at least 4 members (excludes halogenated alkanes) is 1. The smallest absolute Gasteiger partial charge is 0.248 e. The van der Waals surface area contributed by atoms with Gasteiger partial charge in [0.2, 0.25) is 5.91 Å². The highest BCUT2D eigenvalue weighted by Crippen LogP contribution is 2.20. The highest BCUT2D eigenvalue weighted by Gasteiger charge is 2.04. The third kappa shape index (κ3) is 5.22. The van der Waals surface area contributed by atoms with Gasteiger partial charge in [-0.2, -0.15) is 0 Å². The molecule has 0 saturated heterocycles. The van der Waals surface area contributed by atoms with Crippen LogP contribution in [0.5, 0.6) is 0 Å². The summed E-state index contributed by atoms with van der Waals surface area (Å²) in [6.45, 7) is 2.16. The zero-order valence-corrected chi connectivity index (χ0v) is 13.7. The maximum atomic E-state index is 13.6. The van der Waals surface area contributed by atoms with Crippen LogP contribution in [0.4, 0.5) is 10.1 Å². The number of hydrogen-bond donors (Lipinski definition) is 1. The number of halogens is 2. The summed E-state index contributed by atoms with van der Waals surface area (Å²) in [5.74, 6) is -0.785. The Hall–Kier alpha value is -2.13. The Labute approximate surface area is 141 Å². The van der Waals surface area contributed by atoms with Gasteiger partial charge < -0.3 is 5.32 Å². The molecule has 0 unspecified atom stereocenters. The molecule has 120 valence electrons. The SMILES string of the molecule is CCCCc1ccc(NC(=O)C=Cc2c(F)cccc2Cl)cc1. The predicted octanol–water partition coefficient (Wildman–Crippen LogP) is 5.47. The Kier molecular flexibility index (Phi) is 6.36. The van der Waals surface area contributed by atoms with Gasteiger partial charge in [-0.25, -0.2) is 4.39 Å². The van der Waals surface area contributed by atoms with Crippen molar-refractivity contribution < 1.29 is 9.18 Å². The van der Waals surface area contributed by atoms with E-state index in [1.165, 1.54) is 29.8 Å². The standard InChI is InChI=1S/C19H19ClFNO/c1-2-3-5-14-8-10-15(11-9-14)22-19(23)13-12-16-17(20)6-4-7-18(16)21/h4,6-13H,2-3,5H2,1H3,(H,22,23). The summed E-state index contributed by atoms with van der Waals surface area (Å²) in [4.78, 5) is 11.9. The number of hydrogen-bond acceptors (Lipinski definition) is 1. The van der Waals surface area contributed by atoms with Crippen molar-refractivity contribution in [2.45, 2.75) is 26.2 Å². The van der Waals surface area contributed by atoms with Crippen molar-refractivity contribution in [2.75, 3.05) is 5.32 Å². The highest BCUT2D eigenvalue weighted by molar-refractivity contribution is 6.32. The van der Waals surface area contributed by atoms with Gasteiger partial charge in [0.25, 0.3) is 0 Å².